The number of benzene rings is 1. The molecule has 0 bridgehead atoms. The highest BCUT2D eigenvalue weighted by molar-refractivity contribution is 5.82. The maximum Gasteiger partial charge on any atom is 0.314 e. The van der Waals surface area contributed by atoms with Crippen LogP contribution in [0.4, 0.5) is 5.69 Å². The third-order valence-electron chi connectivity index (χ3n) is 3.15. The molecule has 0 aliphatic heterocycles. The van der Waals surface area contributed by atoms with E-state index in [2.05, 4.69) is 35.9 Å². The molecule has 0 spiro atoms. The van der Waals surface area contributed by atoms with Crippen molar-refractivity contribution in [1.29, 1.82) is 5.26 Å². The van der Waals surface area contributed by atoms with E-state index in [1.807, 2.05) is 13.0 Å². The number of aromatic nitrogens is 6. The first-order chi connectivity index (χ1) is 11.1. The first-order valence-electron chi connectivity index (χ1n) is 6.46. The lowest BCUT2D eigenvalue weighted by atomic mass is 10.1. The number of aromatic amines is 3. The number of nitrogens with one attached hydrogen (secondary N) is 4. The third kappa shape index (κ3) is 2.70. The van der Waals surface area contributed by atoms with Gasteiger partial charge in [0.1, 0.15) is 11.6 Å². The van der Waals surface area contributed by atoms with Gasteiger partial charge in [-0.05, 0) is 29.8 Å². The molecule has 10 heteroatoms. The largest absolute Gasteiger partial charge is 0.360 e. The molecule has 10 nitrogen and oxygen atoms in total. The van der Waals surface area contributed by atoms with Crippen LogP contribution in [-0.2, 0) is 0 Å². The van der Waals surface area contributed by atoms with Gasteiger partial charge in [0.15, 0.2) is 0 Å². The van der Waals surface area contributed by atoms with Crippen molar-refractivity contribution in [3.63, 3.8) is 0 Å². The number of fused-ring (bicyclic) bond motifs is 1. The van der Waals surface area contributed by atoms with Crippen molar-refractivity contribution in [3.8, 4) is 6.07 Å². The highest BCUT2D eigenvalue weighted by Gasteiger charge is 2.07. The lowest BCUT2D eigenvalue weighted by molar-refractivity contribution is 0.881. The van der Waals surface area contributed by atoms with Crippen LogP contribution in [0.5, 0.6) is 0 Å². The van der Waals surface area contributed by atoms with E-state index in [-0.39, 0.29) is 11.4 Å². The van der Waals surface area contributed by atoms with Gasteiger partial charge in [0.2, 0.25) is 5.82 Å². The summed E-state index contributed by atoms with van der Waals surface area (Å²) >= 11 is 0. The molecule has 1 aromatic carbocycles. The van der Waals surface area contributed by atoms with Gasteiger partial charge in [-0.3, -0.25) is 9.59 Å². The Labute approximate surface area is 127 Å². The van der Waals surface area contributed by atoms with Crippen LogP contribution in [0.15, 0.2) is 27.9 Å². The van der Waals surface area contributed by atoms with Crippen LogP contribution >= 0.6 is 0 Å². The molecule has 2 heterocycles. The van der Waals surface area contributed by atoms with Gasteiger partial charge in [-0.25, -0.2) is 0 Å². The molecule has 3 rings (SSSR count). The molecule has 114 valence electrons. The van der Waals surface area contributed by atoms with Crippen LogP contribution in [0.3, 0.4) is 0 Å². The van der Waals surface area contributed by atoms with E-state index in [1.165, 1.54) is 6.20 Å². The fourth-order valence-corrected chi connectivity index (χ4v) is 2.00. The summed E-state index contributed by atoms with van der Waals surface area (Å²) in [6.45, 7) is 1.82. The Morgan fingerprint density at radius 2 is 1.96 bits per heavy atom. The number of rotatable bonds is 3. The van der Waals surface area contributed by atoms with Crippen LogP contribution in [0, 0.1) is 18.3 Å². The van der Waals surface area contributed by atoms with Crippen LogP contribution in [-0.4, -0.2) is 30.6 Å². The van der Waals surface area contributed by atoms with E-state index in [0.717, 1.165) is 5.56 Å². The summed E-state index contributed by atoms with van der Waals surface area (Å²) in [5, 5.41) is 25.2. The Morgan fingerprint density at radius 3 is 2.57 bits per heavy atom. The summed E-state index contributed by atoms with van der Waals surface area (Å²) in [6.07, 6.45) is 1.43. The fraction of sp³-hybridized carbons (Fsp3) is 0.0769. The van der Waals surface area contributed by atoms with E-state index in [0.29, 0.717) is 16.7 Å². The topological polar surface area (TPSA) is 156 Å². The van der Waals surface area contributed by atoms with Crippen LogP contribution in [0.1, 0.15) is 11.4 Å². The Balaban J connectivity index is 2.02. The second-order valence-electron chi connectivity index (χ2n) is 4.67. The summed E-state index contributed by atoms with van der Waals surface area (Å²) in [6, 6.07) is 5.32. The number of nitriles is 1. The molecule has 3 aromatic rings. The van der Waals surface area contributed by atoms with E-state index in [9.17, 15) is 9.59 Å². The van der Waals surface area contributed by atoms with Crippen molar-refractivity contribution < 1.29 is 0 Å². The van der Waals surface area contributed by atoms with Gasteiger partial charge < -0.3 is 15.3 Å². The van der Waals surface area contributed by atoms with Crippen molar-refractivity contribution in [1.82, 2.24) is 30.6 Å². The molecular formula is C13H10N8O2. The smallest absolute Gasteiger partial charge is 0.314 e. The van der Waals surface area contributed by atoms with Gasteiger partial charge in [0, 0.05) is 11.9 Å². The first kappa shape index (κ1) is 14.2. The highest BCUT2D eigenvalue weighted by atomic mass is 16.2. The van der Waals surface area contributed by atoms with Crippen molar-refractivity contribution in [2.75, 3.05) is 5.32 Å². The Morgan fingerprint density at radius 1 is 1.26 bits per heavy atom. The van der Waals surface area contributed by atoms with Gasteiger partial charge in [0.25, 0.3) is 0 Å². The predicted molar refractivity (Wildman–Crippen MR) is 81.3 cm³/mol. The number of hydrogen-bond donors (Lipinski definition) is 4. The molecule has 0 fully saturated rings. The average Bonchev–Trinajstić information content (AvgIpc) is 3.04. The van der Waals surface area contributed by atoms with Crippen molar-refractivity contribution in [2.45, 2.75) is 6.92 Å². The molecule has 0 saturated carbocycles. The monoisotopic (exact) mass is 310 g/mol. The van der Waals surface area contributed by atoms with Gasteiger partial charge in [-0.2, -0.15) is 10.5 Å². The van der Waals surface area contributed by atoms with Gasteiger partial charge in [-0.15, -0.1) is 10.2 Å². The maximum absolute atomic E-state index is 11.4. The Hall–Kier alpha value is -3.74. The molecule has 0 radical (unpaired) electrons. The van der Waals surface area contributed by atoms with Crippen LogP contribution in [0.25, 0.3) is 16.6 Å². The standard InChI is InChI=1S/C13H10N8O2/c1-6-2-9-10(17-13(23)12(22)16-9)3-8(6)15-5-7(4-14)11-18-20-21-19-11/h2-3,5,15H,1H3,(H,16,22)(H,17,23)(H,18,19,20,21). The van der Waals surface area contributed by atoms with Crippen LogP contribution in [0.2, 0.25) is 0 Å². The minimum atomic E-state index is -0.729. The predicted octanol–water partition coefficient (Wildman–Crippen LogP) is 0.0145. The highest BCUT2D eigenvalue weighted by Crippen LogP contribution is 2.20. The minimum absolute atomic E-state index is 0.163. The Kier molecular flexibility index (Phi) is 3.44. The lowest BCUT2D eigenvalue weighted by Gasteiger charge is -2.07. The molecule has 4 N–H and O–H groups in total. The van der Waals surface area contributed by atoms with Crippen molar-refractivity contribution in [2.24, 2.45) is 0 Å². The average molecular weight is 310 g/mol. The van der Waals surface area contributed by atoms with E-state index < -0.39 is 11.1 Å². The minimum Gasteiger partial charge on any atom is -0.360 e. The summed E-state index contributed by atoms with van der Waals surface area (Å²) in [4.78, 5) is 27.7. The third-order valence-corrected chi connectivity index (χ3v) is 3.15. The van der Waals surface area contributed by atoms with E-state index in [1.54, 1.807) is 12.1 Å². The summed E-state index contributed by atoms with van der Waals surface area (Å²) in [5.74, 6) is 0.163. The molecule has 23 heavy (non-hydrogen) atoms. The molecular weight excluding hydrogens is 300 g/mol. The molecule has 0 aliphatic carbocycles. The summed E-state index contributed by atoms with van der Waals surface area (Å²) in [7, 11) is 0. The SMILES string of the molecule is Cc1cc2[nH]c(=O)c(=O)[nH]c2cc1NC=C(C#N)c1nn[nH]n1. The second kappa shape index (κ2) is 5.57. The molecule has 0 aliphatic rings. The van der Waals surface area contributed by atoms with E-state index in [4.69, 9.17) is 5.26 Å². The first-order valence-corrected chi connectivity index (χ1v) is 6.46. The molecule has 0 unspecified atom stereocenters. The number of anilines is 1. The molecule has 2 aromatic heterocycles. The van der Waals surface area contributed by atoms with Gasteiger partial charge in [-0.1, -0.05) is 0 Å². The number of hydrogen-bond acceptors (Lipinski definition) is 7. The normalized spacial score (nSPS) is 11.4. The molecule has 0 saturated heterocycles. The second-order valence-corrected chi connectivity index (χ2v) is 4.67. The molecule has 0 atom stereocenters. The number of H-pyrrole nitrogens is 3. The van der Waals surface area contributed by atoms with Crippen LogP contribution < -0.4 is 16.4 Å². The Bertz CT molecular complexity index is 1050. The fourth-order valence-electron chi connectivity index (χ4n) is 2.00. The zero-order valence-corrected chi connectivity index (χ0v) is 11.8. The number of allylic oxidation sites excluding steroid dienone is 1. The molecule has 0 amide bonds. The lowest BCUT2D eigenvalue weighted by Crippen LogP contribution is -2.28. The van der Waals surface area contributed by atoms with Crippen molar-refractivity contribution >= 4 is 22.3 Å². The zero-order valence-electron chi connectivity index (χ0n) is 11.8. The summed E-state index contributed by atoms with van der Waals surface area (Å²) < 4.78 is 0. The number of nitrogens with zero attached hydrogens (tertiary/aromatic N) is 4. The van der Waals surface area contributed by atoms with Gasteiger partial charge in [0.05, 0.1) is 11.0 Å². The van der Waals surface area contributed by atoms with Gasteiger partial charge >= 0.3 is 11.1 Å². The van der Waals surface area contributed by atoms with Crippen molar-refractivity contribution in [3.05, 3.63) is 50.4 Å². The number of aryl methyl sites for hydroxylation is 1. The quantitative estimate of drug-likeness (QED) is 0.392. The number of tetrazole rings is 1. The summed E-state index contributed by atoms with van der Waals surface area (Å²) in [5.41, 5.74) is 1.19. The van der Waals surface area contributed by atoms with E-state index >= 15 is 0 Å². The zero-order chi connectivity index (χ0) is 16.4. The maximum atomic E-state index is 11.4.